The summed E-state index contributed by atoms with van der Waals surface area (Å²) in [6, 6.07) is 4.98. The molecule has 2 saturated heterocycles. The average molecular weight is 394 g/mol. The number of carbonyl (C=O) groups is 2. The monoisotopic (exact) mass is 393 g/mol. The highest BCUT2D eigenvalue weighted by molar-refractivity contribution is 6.33. The van der Waals surface area contributed by atoms with Gasteiger partial charge in [-0.3, -0.25) is 9.59 Å². The van der Waals surface area contributed by atoms with E-state index in [0.29, 0.717) is 36.8 Å². The number of nitrogens with zero attached hydrogens (tertiary/aromatic N) is 1. The molecule has 7 heteroatoms. The van der Waals surface area contributed by atoms with Crippen LogP contribution in [0.1, 0.15) is 39.0 Å². The minimum Gasteiger partial charge on any atom is -0.381 e. The number of hydrogen-bond acceptors (Lipinski definition) is 4. The molecule has 1 atom stereocenters. The summed E-state index contributed by atoms with van der Waals surface area (Å²) >= 11 is 6.44. The predicted octanol–water partition coefficient (Wildman–Crippen LogP) is 3.20. The van der Waals surface area contributed by atoms with Gasteiger partial charge in [-0.2, -0.15) is 0 Å². The molecule has 0 saturated carbocycles. The number of halogens is 1. The van der Waals surface area contributed by atoms with Gasteiger partial charge in [-0.25, -0.2) is 0 Å². The maximum atomic E-state index is 12.4. The summed E-state index contributed by atoms with van der Waals surface area (Å²) in [5.74, 6) is -0.413. The van der Waals surface area contributed by atoms with Crippen LogP contribution in [0.2, 0.25) is 5.02 Å². The molecule has 2 aliphatic rings. The molecule has 2 amide bonds. The third-order valence-corrected chi connectivity index (χ3v) is 5.56. The zero-order valence-corrected chi connectivity index (χ0v) is 16.6. The fourth-order valence-electron chi connectivity index (χ4n) is 3.58. The first-order valence-corrected chi connectivity index (χ1v) is 10.2. The van der Waals surface area contributed by atoms with Gasteiger partial charge in [0.2, 0.25) is 11.8 Å². The second-order valence-electron chi connectivity index (χ2n) is 7.32. The number of amides is 2. The first-order valence-electron chi connectivity index (χ1n) is 9.78. The Balaban J connectivity index is 1.54. The van der Waals surface area contributed by atoms with E-state index in [2.05, 4.69) is 15.5 Å². The number of carbonyl (C=O) groups excluding carboxylic acids is 2. The highest BCUT2D eigenvalue weighted by Crippen LogP contribution is 2.30. The number of hydrogen-bond donors (Lipinski definition) is 2. The lowest BCUT2D eigenvalue weighted by molar-refractivity contribution is -0.131. The Morgan fingerprint density at radius 2 is 1.89 bits per heavy atom. The van der Waals surface area contributed by atoms with Gasteiger partial charge in [0.1, 0.15) is 6.04 Å². The van der Waals surface area contributed by atoms with E-state index in [1.54, 1.807) is 13.0 Å². The van der Waals surface area contributed by atoms with E-state index < -0.39 is 6.04 Å². The molecular weight excluding hydrogens is 366 g/mol. The Morgan fingerprint density at radius 1 is 1.19 bits per heavy atom. The van der Waals surface area contributed by atoms with Crippen molar-refractivity contribution in [1.82, 2.24) is 5.32 Å². The molecule has 1 aromatic carbocycles. The number of nitrogens with one attached hydrogen (secondary N) is 2. The molecule has 0 radical (unpaired) electrons. The van der Waals surface area contributed by atoms with E-state index in [4.69, 9.17) is 16.3 Å². The maximum absolute atomic E-state index is 12.4. The van der Waals surface area contributed by atoms with Crippen LogP contribution in [0.15, 0.2) is 18.2 Å². The summed E-state index contributed by atoms with van der Waals surface area (Å²) < 4.78 is 5.27. The van der Waals surface area contributed by atoms with E-state index in [9.17, 15) is 9.59 Å². The quantitative estimate of drug-likeness (QED) is 0.805. The molecule has 0 aromatic heterocycles. The van der Waals surface area contributed by atoms with Crippen LogP contribution in [-0.4, -0.2) is 44.2 Å². The van der Waals surface area contributed by atoms with Crippen LogP contribution in [0.25, 0.3) is 0 Å². The molecule has 0 unspecified atom stereocenters. The van der Waals surface area contributed by atoms with Crippen molar-refractivity contribution < 1.29 is 14.3 Å². The smallest absolute Gasteiger partial charge is 0.246 e. The van der Waals surface area contributed by atoms with Crippen LogP contribution < -0.4 is 15.5 Å². The maximum Gasteiger partial charge on any atom is 0.246 e. The van der Waals surface area contributed by atoms with Crippen molar-refractivity contribution in [2.75, 3.05) is 36.5 Å². The number of benzene rings is 1. The van der Waals surface area contributed by atoms with Crippen molar-refractivity contribution in [3.8, 4) is 0 Å². The summed E-state index contributed by atoms with van der Waals surface area (Å²) in [5, 5.41) is 6.27. The van der Waals surface area contributed by atoms with E-state index in [0.717, 1.165) is 18.8 Å². The first-order chi connectivity index (χ1) is 13.0. The number of ether oxygens (including phenoxy) is 1. The molecule has 1 aromatic rings. The third kappa shape index (κ3) is 5.36. The summed E-state index contributed by atoms with van der Waals surface area (Å²) in [6.45, 7) is 4.92. The number of anilines is 2. The Morgan fingerprint density at radius 3 is 2.56 bits per heavy atom. The molecule has 0 aliphatic carbocycles. The molecule has 148 valence electrons. The average Bonchev–Trinajstić information content (AvgIpc) is 2.69. The molecule has 2 heterocycles. The molecule has 2 fully saturated rings. The normalized spacial score (nSPS) is 19.4. The summed E-state index contributed by atoms with van der Waals surface area (Å²) in [6.07, 6.45) is 5.03. The Bertz CT molecular complexity index is 670. The predicted molar refractivity (Wildman–Crippen MR) is 107 cm³/mol. The SMILES string of the molecule is C[C@@H](NC(=O)C1CCOCC1)C(=O)Nc1ccc(N2CCCCC2)c(Cl)c1. The van der Waals surface area contributed by atoms with E-state index in [-0.39, 0.29) is 17.7 Å². The van der Waals surface area contributed by atoms with Gasteiger partial charge in [-0.1, -0.05) is 11.6 Å². The topological polar surface area (TPSA) is 70.7 Å². The van der Waals surface area contributed by atoms with E-state index >= 15 is 0 Å². The molecule has 6 nitrogen and oxygen atoms in total. The fraction of sp³-hybridized carbons (Fsp3) is 0.600. The zero-order chi connectivity index (χ0) is 19.2. The first kappa shape index (κ1) is 20.0. The minimum atomic E-state index is -0.610. The largest absolute Gasteiger partial charge is 0.381 e. The van der Waals surface area contributed by atoms with Gasteiger partial charge in [0, 0.05) is 37.9 Å². The molecular formula is C20H28ClN3O3. The van der Waals surface area contributed by atoms with Crippen LogP contribution in [0.3, 0.4) is 0 Å². The molecule has 2 N–H and O–H groups in total. The zero-order valence-electron chi connectivity index (χ0n) is 15.8. The van der Waals surface area contributed by atoms with Gasteiger partial charge < -0.3 is 20.3 Å². The fourth-order valence-corrected chi connectivity index (χ4v) is 3.88. The highest BCUT2D eigenvalue weighted by Gasteiger charge is 2.25. The lowest BCUT2D eigenvalue weighted by Gasteiger charge is -2.29. The molecule has 0 bridgehead atoms. The van der Waals surface area contributed by atoms with Crippen LogP contribution in [-0.2, 0) is 14.3 Å². The van der Waals surface area contributed by atoms with Gasteiger partial charge in [-0.15, -0.1) is 0 Å². The molecule has 0 spiro atoms. The molecule has 2 aliphatic heterocycles. The lowest BCUT2D eigenvalue weighted by atomic mass is 9.99. The van der Waals surface area contributed by atoms with Crippen molar-refractivity contribution in [1.29, 1.82) is 0 Å². The second kappa shape index (κ2) is 9.42. The lowest BCUT2D eigenvalue weighted by Crippen LogP contribution is -2.45. The van der Waals surface area contributed by atoms with Crippen molar-refractivity contribution in [2.24, 2.45) is 5.92 Å². The molecule has 3 rings (SSSR count). The minimum absolute atomic E-state index is 0.0766. The number of rotatable bonds is 5. The Kier molecular flexibility index (Phi) is 6.96. The summed E-state index contributed by atoms with van der Waals surface area (Å²) in [7, 11) is 0. The van der Waals surface area contributed by atoms with Gasteiger partial charge in [0.25, 0.3) is 0 Å². The van der Waals surface area contributed by atoms with Crippen LogP contribution in [0.5, 0.6) is 0 Å². The van der Waals surface area contributed by atoms with Gasteiger partial charge in [-0.05, 0) is 57.2 Å². The van der Waals surface area contributed by atoms with Gasteiger partial charge in [0.15, 0.2) is 0 Å². The van der Waals surface area contributed by atoms with Gasteiger partial charge in [0.05, 0.1) is 10.7 Å². The van der Waals surface area contributed by atoms with Crippen LogP contribution in [0.4, 0.5) is 11.4 Å². The summed E-state index contributed by atoms with van der Waals surface area (Å²) in [4.78, 5) is 27.0. The van der Waals surface area contributed by atoms with Crippen LogP contribution >= 0.6 is 11.6 Å². The summed E-state index contributed by atoms with van der Waals surface area (Å²) in [5.41, 5.74) is 1.65. The molecule has 27 heavy (non-hydrogen) atoms. The second-order valence-corrected chi connectivity index (χ2v) is 7.73. The van der Waals surface area contributed by atoms with Crippen molar-refractivity contribution in [3.05, 3.63) is 23.2 Å². The van der Waals surface area contributed by atoms with Crippen molar-refractivity contribution >= 4 is 34.8 Å². The van der Waals surface area contributed by atoms with Crippen molar-refractivity contribution in [2.45, 2.75) is 45.1 Å². The highest BCUT2D eigenvalue weighted by atomic mass is 35.5. The standard InChI is InChI=1S/C20H28ClN3O3/c1-14(22-20(26)15-7-11-27-12-8-15)19(25)23-16-5-6-18(17(21)13-16)24-9-3-2-4-10-24/h5-6,13-15H,2-4,7-12H2,1H3,(H,22,26)(H,23,25)/t14-/m1/s1. The Hall–Kier alpha value is -1.79. The van der Waals surface area contributed by atoms with E-state index in [1.165, 1.54) is 19.3 Å². The Labute approximate surface area is 165 Å². The third-order valence-electron chi connectivity index (χ3n) is 5.26. The van der Waals surface area contributed by atoms with Gasteiger partial charge >= 0.3 is 0 Å². The van der Waals surface area contributed by atoms with Crippen molar-refractivity contribution in [3.63, 3.8) is 0 Å². The van der Waals surface area contributed by atoms with Crippen LogP contribution in [0, 0.1) is 5.92 Å². The van der Waals surface area contributed by atoms with E-state index in [1.807, 2.05) is 12.1 Å². The number of piperidine rings is 1.